The van der Waals surface area contributed by atoms with Crippen LogP contribution < -0.4 is 10.6 Å². The predicted molar refractivity (Wildman–Crippen MR) is 94.5 cm³/mol. The van der Waals surface area contributed by atoms with Gasteiger partial charge in [-0.3, -0.25) is 9.89 Å². The van der Waals surface area contributed by atoms with Crippen LogP contribution in [-0.4, -0.2) is 74.2 Å². The van der Waals surface area contributed by atoms with Gasteiger partial charge in [0.25, 0.3) is 0 Å². The van der Waals surface area contributed by atoms with Gasteiger partial charge in [0.15, 0.2) is 5.96 Å². The van der Waals surface area contributed by atoms with Crippen molar-refractivity contribution in [2.75, 3.05) is 46.8 Å². The number of guanidine groups is 1. The molecule has 22 heavy (non-hydrogen) atoms. The smallest absolute Gasteiger partial charge is 0.191 e. The van der Waals surface area contributed by atoms with Crippen molar-refractivity contribution in [3.05, 3.63) is 0 Å². The van der Waals surface area contributed by atoms with E-state index in [-0.39, 0.29) is 0 Å². The van der Waals surface area contributed by atoms with Gasteiger partial charge < -0.3 is 15.5 Å². The van der Waals surface area contributed by atoms with Crippen molar-refractivity contribution in [1.29, 1.82) is 0 Å². The summed E-state index contributed by atoms with van der Waals surface area (Å²) >= 11 is 0. The molecule has 2 rings (SSSR count). The van der Waals surface area contributed by atoms with Gasteiger partial charge in [-0.1, -0.05) is 6.42 Å². The summed E-state index contributed by atoms with van der Waals surface area (Å²) in [4.78, 5) is 9.59. The third-order valence-electron chi connectivity index (χ3n) is 5.18. The number of nitrogens with one attached hydrogen (secondary N) is 2. The van der Waals surface area contributed by atoms with Crippen LogP contribution >= 0.6 is 0 Å². The first-order valence-electron chi connectivity index (χ1n) is 8.96. The number of hydrogen-bond donors (Lipinski definition) is 2. The maximum atomic E-state index is 4.37. The predicted octanol–water partition coefficient (Wildman–Crippen LogP) is 1.51. The van der Waals surface area contributed by atoms with E-state index in [4.69, 9.17) is 0 Å². The summed E-state index contributed by atoms with van der Waals surface area (Å²) in [6, 6.07) is 0.412. The van der Waals surface area contributed by atoms with Crippen molar-refractivity contribution in [3.8, 4) is 0 Å². The average Bonchev–Trinajstić information content (AvgIpc) is 2.54. The van der Waals surface area contributed by atoms with Crippen LogP contribution in [0.3, 0.4) is 0 Å². The molecule has 0 radical (unpaired) electrons. The molecule has 0 bridgehead atoms. The summed E-state index contributed by atoms with van der Waals surface area (Å²) in [6.07, 6.45) is 6.63. The highest BCUT2D eigenvalue weighted by atomic mass is 15.3. The molecule has 5 nitrogen and oxygen atoms in total. The molecular weight excluding hydrogens is 274 g/mol. The largest absolute Gasteiger partial charge is 0.355 e. The lowest BCUT2D eigenvalue weighted by atomic mass is 9.84. The second kappa shape index (κ2) is 8.16. The zero-order valence-electron chi connectivity index (χ0n) is 15.0. The number of nitrogens with zero attached hydrogens (tertiary/aromatic N) is 3. The molecule has 2 N–H and O–H groups in total. The average molecular weight is 310 g/mol. The fourth-order valence-electron chi connectivity index (χ4n) is 3.72. The lowest BCUT2D eigenvalue weighted by molar-refractivity contribution is 0.0173. The Morgan fingerprint density at radius 3 is 2.27 bits per heavy atom. The van der Waals surface area contributed by atoms with Crippen LogP contribution in [0, 0.1) is 0 Å². The van der Waals surface area contributed by atoms with E-state index in [1.807, 2.05) is 7.05 Å². The van der Waals surface area contributed by atoms with Gasteiger partial charge in [-0.05, 0) is 72.8 Å². The highest BCUT2D eigenvalue weighted by molar-refractivity contribution is 5.79. The molecule has 128 valence electrons. The number of rotatable bonds is 4. The topological polar surface area (TPSA) is 42.9 Å². The van der Waals surface area contributed by atoms with Crippen molar-refractivity contribution >= 4 is 5.96 Å². The Bertz CT molecular complexity index is 352. The maximum absolute atomic E-state index is 4.37. The molecule has 2 fully saturated rings. The van der Waals surface area contributed by atoms with Crippen LogP contribution in [0.25, 0.3) is 0 Å². The van der Waals surface area contributed by atoms with Crippen LogP contribution in [0.15, 0.2) is 4.99 Å². The molecular formula is C17H35N5. The summed E-state index contributed by atoms with van der Waals surface area (Å²) in [5.74, 6) is 0.935. The van der Waals surface area contributed by atoms with E-state index in [1.54, 1.807) is 0 Å². The van der Waals surface area contributed by atoms with Crippen molar-refractivity contribution in [3.63, 3.8) is 0 Å². The summed E-state index contributed by atoms with van der Waals surface area (Å²) in [7, 11) is 4.10. The van der Waals surface area contributed by atoms with Crippen LogP contribution in [0.2, 0.25) is 0 Å². The standard InChI is InChI=1S/C17H35N5/c1-15(2)20-16(18-3)19-14-17(8-12-21(4)13-9-17)22-10-6-5-7-11-22/h15H,5-14H2,1-4H3,(H2,18,19,20). The minimum absolute atomic E-state index is 0.307. The van der Waals surface area contributed by atoms with Crippen molar-refractivity contribution in [2.24, 2.45) is 4.99 Å². The molecule has 0 unspecified atom stereocenters. The van der Waals surface area contributed by atoms with Crippen LogP contribution in [0.4, 0.5) is 0 Å². The SMILES string of the molecule is CN=C(NCC1(N2CCCCC2)CCN(C)CC1)NC(C)C. The quantitative estimate of drug-likeness (QED) is 0.610. The summed E-state index contributed by atoms with van der Waals surface area (Å²) in [5, 5.41) is 7.01. The second-order valence-corrected chi connectivity index (χ2v) is 7.30. The van der Waals surface area contributed by atoms with Crippen molar-refractivity contribution in [1.82, 2.24) is 20.4 Å². The van der Waals surface area contributed by atoms with Crippen LogP contribution in [0.5, 0.6) is 0 Å². The van der Waals surface area contributed by atoms with E-state index in [0.29, 0.717) is 11.6 Å². The zero-order chi connectivity index (χ0) is 16.0. The Morgan fingerprint density at radius 1 is 1.09 bits per heavy atom. The van der Waals surface area contributed by atoms with E-state index < -0.39 is 0 Å². The van der Waals surface area contributed by atoms with E-state index in [1.165, 1.54) is 58.3 Å². The minimum Gasteiger partial charge on any atom is -0.355 e. The van der Waals surface area contributed by atoms with Gasteiger partial charge in [0.05, 0.1) is 0 Å². The van der Waals surface area contributed by atoms with Crippen molar-refractivity contribution < 1.29 is 0 Å². The van der Waals surface area contributed by atoms with Crippen LogP contribution in [0.1, 0.15) is 46.0 Å². The van der Waals surface area contributed by atoms with Gasteiger partial charge in [0.1, 0.15) is 0 Å². The molecule has 2 saturated heterocycles. The van der Waals surface area contributed by atoms with Gasteiger partial charge in [-0.15, -0.1) is 0 Å². The Balaban J connectivity index is 2.01. The molecule has 5 heteroatoms. The Labute approximate surface area is 136 Å². The summed E-state index contributed by atoms with van der Waals surface area (Å²) in [6.45, 7) is 10.3. The minimum atomic E-state index is 0.307. The molecule has 2 aliphatic heterocycles. The third kappa shape index (κ3) is 4.59. The van der Waals surface area contributed by atoms with Gasteiger partial charge in [-0.2, -0.15) is 0 Å². The number of piperidine rings is 2. The number of aliphatic imine (C=N–C) groups is 1. The first-order chi connectivity index (χ1) is 10.6. The monoisotopic (exact) mass is 309 g/mol. The van der Waals surface area contributed by atoms with Gasteiger partial charge in [0.2, 0.25) is 0 Å². The van der Waals surface area contributed by atoms with E-state index in [2.05, 4.69) is 46.3 Å². The third-order valence-corrected chi connectivity index (χ3v) is 5.18. The molecule has 2 heterocycles. The number of hydrogen-bond acceptors (Lipinski definition) is 3. The van der Waals surface area contributed by atoms with Gasteiger partial charge in [-0.25, -0.2) is 0 Å². The Kier molecular flexibility index (Phi) is 6.50. The van der Waals surface area contributed by atoms with E-state index >= 15 is 0 Å². The van der Waals surface area contributed by atoms with Gasteiger partial charge in [0, 0.05) is 25.2 Å². The molecule has 0 amide bonds. The Hall–Kier alpha value is -0.810. The highest BCUT2D eigenvalue weighted by Gasteiger charge is 2.39. The lowest BCUT2D eigenvalue weighted by Gasteiger charge is -2.50. The van der Waals surface area contributed by atoms with Crippen LogP contribution in [-0.2, 0) is 0 Å². The molecule has 0 aromatic heterocycles. The molecule has 0 atom stereocenters. The normalized spacial score (nSPS) is 24.5. The highest BCUT2D eigenvalue weighted by Crippen LogP contribution is 2.30. The van der Waals surface area contributed by atoms with Gasteiger partial charge >= 0.3 is 0 Å². The Morgan fingerprint density at radius 2 is 1.73 bits per heavy atom. The fourth-order valence-corrected chi connectivity index (χ4v) is 3.72. The summed E-state index contributed by atoms with van der Waals surface area (Å²) in [5.41, 5.74) is 0.307. The molecule has 0 aromatic rings. The van der Waals surface area contributed by atoms with E-state index in [9.17, 15) is 0 Å². The fraction of sp³-hybridized carbons (Fsp3) is 0.941. The first kappa shape index (κ1) is 17.5. The molecule has 0 aromatic carbocycles. The molecule has 0 saturated carbocycles. The number of likely N-dealkylation sites (tertiary alicyclic amines) is 2. The maximum Gasteiger partial charge on any atom is 0.191 e. The lowest BCUT2D eigenvalue weighted by Crippen LogP contribution is -2.62. The second-order valence-electron chi connectivity index (χ2n) is 7.30. The summed E-state index contributed by atoms with van der Waals surface area (Å²) < 4.78 is 0. The van der Waals surface area contributed by atoms with Crippen molar-refractivity contribution in [2.45, 2.75) is 57.5 Å². The zero-order valence-corrected chi connectivity index (χ0v) is 15.0. The molecule has 0 spiro atoms. The molecule has 0 aliphatic carbocycles. The molecule has 2 aliphatic rings. The first-order valence-corrected chi connectivity index (χ1v) is 8.96. The van der Waals surface area contributed by atoms with E-state index in [0.717, 1.165) is 12.5 Å².